The number of nitrogens with zero attached hydrogens (tertiary/aromatic N) is 1. The van der Waals surface area contributed by atoms with E-state index in [0.29, 0.717) is 5.56 Å². The van der Waals surface area contributed by atoms with Gasteiger partial charge in [-0.05, 0) is 18.6 Å². The molecule has 0 amide bonds. The van der Waals surface area contributed by atoms with Crippen LogP contribution in [0, 0.1) is 11.3 Å². The molecule has 0 unspecified atom stereocenters. The Morgan fingerprint density at radius 1 is 1.56 bits per heavy atom. The number of ether oxygens (including phenoxy) is 1. The van der Waals surface area contributed by atoms with Crippen molar-refractivity contribution in [1.82, 2.24) is 0 Å². The van der Waals surface area contributed by atoms with Crippen LogP contribution in [-0.4, -0.2) is 12.6 Å². The van der Waals surface area contributed by atoms with Crippen molar-refractivity contribution in [1.29, 1.82) is 5.26 Å². The third kappa shape index (κ3) is 2.46. The van der Waals surface area contributed by atoms with Crippen molar-refractivity contribution in [2.24, 2.45) is 0 Å². The Labute approximate surface area is 104 Å². The summed E-state index contributed by atoms with van der Waals surface area (Å²) in [6, 6.07) is 5.03. The number of hydrogen-bond donors (Lipinski definition) is 0. The molecule has 3 nitrogen and oxygen atoms in total. The lowest BCUT2D eigenvalue weighted by Gasteiger charge is -2.08. The Balaban J connectivity index is 3.33. The number of carbonyl (C=O) groups excluding carboxylic acids is 1. The number of halogens is 2. The summed E-state index contributed by atoms with van der Waals surface area (Å²) in [6.45, 7) is 1.91. The third-order valence-corrected chi connectivity index (χ3v) is 2.69. The highest BCUT2D eigenvalue weighted by atomic mass is 35.5. The van der Waals surface area contributed by atoms with Gasteiger partial charge in [-0.15, -0.1) is 11.6 Å². The molecule has 16 heavy (non-hydrogen) atoms. The quantitative estimate of drug-likeness (QED) is 0.618. The molecule has 0 radical (unpaired) electrons. The van der Waals surface area contributed by atoms with Gasteiger partial charge in [-0.25, -0.2) is 4.79 Å². The average Bonchev–Trinajstić information content (AvgIpc) is 2.28. The van der Waals surface area contributed by atoms with Crippen molar-refractivity contribution >= 4 is 29.2 Å². The highest BCUT2D eigenvalue weighted by Gasteiger charge is 2.19. The Bertz CT molecular complexity index is 452. The molecule has 84 valence electrons. The second-order valence-corrected chi connectivity index (χ2v) is 3.57. The molecule has 0 saturated heterocycles. The van der Waals surface area contributed by atoms with Crippen molar-refractivity contribution in [3.8, 4) is 6.07 Å². The second-order valence-electron chi connectivity index (χ2n) is 2.93. The summed E-state index contributed by atoms with van der Waals surface area (Å²) < 4.78 is 4.83. The zero-order chi connectivity index (χ0) is 12.1. The fourth-order valence-corrected chi connectivity index (χ4v) is 1.82. The van der Waals surface area contributed by atoms with Gasteiger partial charge in [0.1, 0.15) is 6.07 Å². The highest BCUT2D eigenvalue weighted by Crippen LogP contribution is 2.26. The number of nitriles is 1. The Hall–Kier alpha value is -1.24. The number of hydrogen-bond acceptors (Lipinski definition) is 3. The minimum Gasteiger partial charge on any atom is -0.462 e. The summed E-state index contributed by atoms with van der Waals surface area (Å²) in [5.74, 6) is -0.423. The molecule has 1 rings (SSSR count). The first kappa shape index (κ1) is 12.8. The van der Waals surface area contributed by atoms with Gasteiger partial charge in [0.15, 0.2) is 0 Å². The molecule has 0 atom stereocenters. The predicted octanol–water partition coefficient (Wildman–Crippen LogP) is 3.13. The number of rotatable bonds is 3. The summed E-state index contributed by atoms with van der Waals surface area (Å²) in [5.41, 5.74) is 0.881. The van der Waals surface area contributed by atoms with Crippen LogP contribution < -0.4 is 0 Å². The van der Waals surface area contributed by atoms with Gasteiger partial charge in [-0.2, -0.15) is 5.26 Å². The van der Waals surface area contributed by atoms with E-state index in [-0.39, 0.29) is 28.6 Å². The van der Waals surface area contributed by atoms with E-state index in [1.807, 2.05) is 6.07 Å². The van der Waals surface area contributed by atoms with E-state index in [9.17, 15) is 4.79 Å². The Morgan fingerprint density at radius 2 is 2.25 bits per heavy atom. The van der Waals surface area contributed by atoms with E-state index in [1.165, 1.54) is 6.07 Å². The van der Waals surface area contributed by atoms with E-state index in [0.717, 1.165) is 0 Å². The molecule has 0 spiro atoms. The van der Waals surface area contributed by atoms with Crippen molar-refractivity contribution in [3.63, 3.8) is 0 Å². The lowest BCUT2D eigenvalue weighted by Crippen LogP contribution is -2.09. The molecular formula is C11H9Cl2NO2. The molecule has 0 aliphatic rings. The molecule has 0 fully saturated rings. The predicted molar refractivity (Wildman–Crippen MR) is 61.7 cm³/mol. The van der Waals surface area contributed by atoms with Gasteiger partial charge in [0.25, 0.3) is 0 Å². The molecule has 0 aliphatic heterocycles. The van der Waals surface area contributed by atoms with Gasteiger partial charge in [-0.1, -0.05) is 17.7 Å². The van der Waals surface area contributed by atoms with Gasteiger partial charge in [0.05, 0.1) is 22.8 Å². The molecule has 0 aliphatic carbocycles. The Kier molecular flexibility index (Phi) is 4.60. The van der Waals surface area contributed by atoms with Gasteiger partial charge < -0.3 is 4.74 Å². The van der Waals surface area contributed by atoms with Crippen LogP contribution in [0.2, 0.25) is 5.02 Å². The topological polar surface area (TPSA) is 50.1 Å². The van der Waals surface area contributed by atoms with Crippen LogP contribution in [0.25, 0.3) is 0 Å². The van der Waals surface area contributed by atoms with Crippen LogP contribution in [0.15, 0.2) is 12.1 Å². The molecule has 0 N–H and O–H groups in total. The fourth-order valence-electron chi connectivity index (χ4n) is 1.22. The second kappa shape index (κ2) is 5.74. The molecule has 0 heterocycles. The average molecular weight is 258 g/mol. The standard InChI is InChI=1S/C11H9Cl2NO2/c1-2-16-11(15)9-8(6-14)4-3-7(5-12)10(9)13/h3-4H,2,5H2,1H3. The van der Waals surface area contributed by atoms with Crippen LogP contribution in [0.5, 0.6) is 0 Å². The van der Waals surface area contributed by atoms with Crippen LogP contribution in [0.1, 0.15) is 28.4 Å². The zero-order valence-electron chi connectivity index (χ0n) is 8.59. The Morgan fingerprint density at radius 3 is 2.75 bits per heavy atom. The first-order chi connectivity index (χ1) is 7.65. The first-order valence-corrected chi connectivity index (χ1v) is 5.51. The number of alkyl halides is 1. The fraction of sp³-hybridized carbons (Fsp3) is 0.273. The lowest BCUT2D eigenvalue weighted by atomic mass is 10.1. The minimum absolute atomic E-state index is 0.0872. The molecule has 1 aromatic rings. The monoisotopic (exact) mass is 257 g/mol. The SMILES string of the molecule is CCOC(=O)c1c(C#N)ccc(CCl)c1Cl. The molecule has 0 saturated carbocycles. The van der Waals surface area contributed by atoms with Crippen LogP contribution in [0.4, 0.5) is 0 Å². The summed E-state index contributed by atoms with van der Waals surface area (Å²) >= 11 is 11.6. The van der Waals surface area contributed by atoms with E-state index in [4.69, 9.17) is 33.2 Å². The van der Waals surface area contributed by atoms with E-state index >= 15 is 0 Å². The van der Waals surface area contributed by atoms with Crippen LogP contribution >= 0.6 is 23.2 Å². The summed E-state index contributed by atoms with van der Waals surface area (Å²) in [6.07, 6.45) is 0. The smallest absolute Gasteiger partial charge is 0.341 e. The van der Waals surface area contributed by atoms with Crippen LogP contribution in [0.3, 0.4) is 0 Å². The molecule has 0 bridgehead atoms. The minimum atomic E-state index is -0.601. The maximum Gasteiger partial charge on any atom is 0.341 e. The third-order valence-electron chi connectivity index (χ3n) is 1.97. The van der Waals surface area contributed by atoms with Gasteiger partial charge in [-0.3, -0.25) is 0 Å². The van der Waals surface area contributed by atoms with Crippen molar-refractivity contribution in [3.05, 3.63) is 33.8 Å². The van der Waals surface area contributed by atoms with Crippen LogP contribution in [-0.2, 0) is 10.6 Å². The maximum atomic E-state index is 11.6. The van der Waals surface area contributed by atoms with Crippen molar-refractivity contribution in [2.45, 2.75) is 12.8 Å². The highest BCUT2D eigenvalue weighted by molar-refractivity contribution is 6.35. The molecule has 1 aromatic carbocycles. The van der Waals surface area contributed by atoms with Gasteiger partial charge in [0.2, 0.25) is 0 Å². The first-order valence-electron chi connectivity index (χ1n) is 4.60. The van der Waals surface area contributed by atoms with Gasteiger partial charge >= 0.3 is 5.97 Å². The molecular weight excluding hydrogens is 249 g/mol. The summed E-state index contributed by atoms with van der Waals surface area (Å²) in [7, 11) is 0. The number of esters is 1. The maximum absolute atomic E-state index is 11.6. The van der Waals surface area contributed by atoms with E-state index in [2.05, 4.69) is 0 Å². The normalized spacial score (nSPS) is 9.62. The van der Waals surface area contributed by atoms with Gasteiger partial charge in [0, 0.05) is 5.88 Å². The number of benzene rings is 1. The largest absolute Gasteiger partial charge is 0.462 e. The summed E-state index contributed by atoms with van der Waals surface area (Å²) in [4.78, 5) is 11.6. The number of carbonyl (C=O) groups is 1. The molecule has 0 aromatic heterocycles. The molecule has 5 heteroatoms. The van der Waals surface area contributed by atoms with Crippen molar-refractivity contribution < 1.29 is 9.53 Å². The lowest BCUT2D eigenvalue weighted by molar-refractivity contribution is 0.0526. The van der Waals surface area contributed by atoms with E-state index < -0.39 is 5.97 Å². The zero-order valence-corrected chi connectivity index (χ0v) is 10.1. The van der Waals surface area contributed by atoms with Crippen molar-refractivity contribution in [2.75, 3.05) is 6.61 Å². The van der Waals surface area contributed by atoms with E-state index in [1.54, 1.807) is 13.0 Å². The summed E-state index contributed by atoms with van der Waals surface area (Å²) in [5, 5.41) is 9.06.